The molecule has 3 heteroatoms. The summed E-state index contributed by atoms with van der Waals surface area (Å²) in [6.45, 7) is 0.485. The number of carbonyl (C=O) groups excluding carboxylic acids is 1. The van der Waals surface area contributed by atoms with Gasteiger partial charge in [-0.05, 0) is 17.7 Å². The van der Waals surface area contributed by atoms with Crippen LogP contribution < -0.4 is 4.74 Å². The van der Waals surface area contributed by atoms with Crippen molar-refractivity contribution in [2.75, 3.05) is 13.7 Å². The number of carbonyl (C=O) groups is 1. The maximum absolute atomic E-state index is 11.6. The summed E-state index contributed by atoms with van der Waals surface area (Å²) in [4.78, 5) is 11.6. The third kappa shape index (κ3) is 2.01. The highest BCUT2D eigenvalue weighted by Gasteiger charge is 2.16. The first-order valence-corrected chi connectivity index (χ1v) is 4.80. The molecule has 0 N–H and O–H groups in total. The molecule has 0 fully saturated rings. The van der Waals surface area contributed by atoms with Gasteiger partial charge in [-0.2, -0.15) is 0 Å². The van der Waals surface area contributed by atoms with Crippen LogP contribution in [0.4, 0.5) is 0 Å². The Bertz CT molecular complexity index is 390. The number of allylic oxidation sites excluding steroid dienone is 1. The number of ketones is 1. The Morgan fingerprint density at radius 2 is 2.00 bits per heavy atom. The molecule has 1 aromatic carbocycles. The molecule has 0 amide bonds. The van der Waals surface area contributed by atoms with Crippen LogP contribution in [0.25, 0.3) is 5.57 Å². The number of ether oxygens (including phenoxy) is 2. The molecule has 15 heavy (non-hydrogen) atoms. The van der Waals surface area contributed by atoms with Gasteiger partial charge < -0.3 is 9.47 Å². The Hall–Kier alpha value is -1.77. The fourth-order valence-electron chi connectivity index (χ4n) is 1.49. The minimum atomic E-state index is 0.131. The molecule has 0 aromatic heterocycles. The van der Waals surface area contributed by atoms with Crippen LogP contribution in [0.3, 0.4) is 0 Å². The van der Waals surface area contributed by atoms with Crippen LogP contribution in [0, 0.1) is 0 Å². The first kappa shape index (κ1) is 9.77. The summed E-state index contributed by atoms with van der Waals surface area (Å²) < 4.78 is 10.2. The van der Waals surface area contributed by atoms with Gasteiger partial charge in [0.05, 0.1) is 25.6 Å². The van der Waals surface area contributed by atoms with E-state index < -0.39 is 0 Å². The quantitative estimate of drug-likeness (QED) is 0.739. The van der Waals surface area contributed by atoms with E-state index in [2.05, 4.69) is 0 Å². The molecule has 0 aliphatic carbocycles. The van der Waals surface area contributed by atoms with E-state index in [1.807, 2.05) is 24.3 Å². The highest BCUT2D eigenvalue weighted by Crippen LogP contribution is 2.22. The van der Waals surface area contributed by atoms with Gasteiger partial charge in [0.1, 0.15) is 5.75 Å². The average molecular weight is 204 g/mol. The van der Waals surface area contributed by atoms with E-state index in [0.29, 0.717) is 18.6 Å². The Labute approximate surface area is 88.3 Å². The maximum atomic E-state index is 11.6. The molecule has 0 saturated carbocycles. The summed E-state index contributed by atoms with van der Waals surface area (Å²) in [6, 6.07) is 7.38. The summed E-state index contributed by atoms with van der Waals surface area (Å²) in [5.41, 5.74) is 1.52. The number of methoxy groups -OCH3 is 1. The fourth-order valence-corrected chi connectivity index (χ4v) is 1.49. The zero-order valence-electron chi connectivity index (χ0n) is 8.53. The van der Waals surface area contributed by atoms with Crippen LogP contribution in [-0.2, 0) is 9.53 Å². The van der Waals surface area contributed by atoms with Crippen LogP contribution in [0.1, 0.15) is 12.0 Å². The van der Waals surface area contributed by atoms with Crippen LogP contribution in [0.2, 0.25) is 0 Å². The summed E-state index contributed by atoms with van der Waals surface area (Å²) in [7, 11) is 1.61. The second-order valence-electron chi connectivity index (χ2n) is 3.30. The predicted molar refractivity (Wildman–Crippen MR) is 56.5 cm³/mol. The molecule has 78 valence electrons. The van der Waals surface area contributed by atoms with Gasteiger partial charge >= 0.3 is 0 Å². The van der Waals surface area contributed by atoms with E-state index in [4.69, 9.17) is 9.47 Å². The summed E-state index contributed by atoms with van der Waals surface area (Å²) in [6.07, 6.45) is 1.99. The first-order chi connectivity index (χ1) is 7.31. The molecule has 1 heterocycles. The topological polar surface area (TPSA) is 35.5 Å². The average Bonchev–Trinajstić information content (AvgIpc) is 2.30. The van der Waals surface area contributed by atoms with E-state index >= 15 is 0 Å². The van der Waals surface area contributed by atoms with Crippen molar-refractivity contribution < 1.29 is 14.3 Å². The molecular formula is C12H12O3. The van der Waals surface area contributed by atoms with Gasteiger partial charge in [-0.15, -0.1) is 0 Å². The number of hydrogen-bond acceptors (Lipinski definition) is 3. The highest BCUT2D eigenvalue weighted by atomic mass is 16.5. The number of Topliss-reactive ketones (excluding diaryl/α,β-unsaturated/α-hetero) is 1. The van der Waals surface area contributed by atoms with Crippen LogP contribution >= 0.6 is 0 Å². The summed E-state index contributed by atoms with van der Waals surface area (Å²) in [5, 5.41) is 0. The molecule has 1 aromatic rings. The molecule has 0 radical (unpaired) electrons. The van der Waals surface area contributed by atoms with Crippen molar-refractivity contribution >= 4 is 11.4 Å². The van der Waals surface area contributed by atoms with E-state index in [1.165, 1.54) is 6.26 Å². The lowest BCUT2D eigenvalue weighted by molar-refractivity contribution is -0.115. The van der Waals surface area contributed by atoms with Crippen molar-refractivity contribution in [2.24, 2.45) is 0 Å². The van der Waals surface area contributed by atoms with Gasteiger partial charge in [-0.3, -0.25) is 4.79 Å². The second kappa shape index (κ2) is 4.17. The van der Waals surface area contributed by atoms with Crippen molar-refractivity contribution in [3.05, 3.63) is 36.1 Å². The Balaban J connectivity index is 2.28. The molecule has 1 aliphatic rings. The largest absolute Gasteiger partial charge is 0.500 e. The Morgan fingerprint density at radius 3 is 2.60 bits per heavy atom. The van der Waals surface area contributed by atoms with Crippen molar-refractivity contribution in [3.8, 4) is 5.75 Å². The minimum absolute atomic E-state index is 0.131. The number of benzene rings is 1. The van der Waals surface area contributed by atoms with Gasteiger partial charge in [0.15, 0.2) is 5.78 Å². The van der Waals surface area contributed by atoms with Gasteiger partial charge in [0, 0.05) is 6.42 Å². The van der Waals surface area contributed by atoms with Crippen molar-refractivity contribution in [3.63, 3.8) is 0 Å². The monoisotopic (exact) mass is 204 g/mol. The molecule has 0 saturated heterocycles. The lowest BCUT2D eigenvalue weighted by Crippen LogP contribution is -2.10. The van der Waals surface area contributed by atoms with Gasteiger partial charge in [0.2, 0.25) is 0 Å². The minimum Gasteiger partial charge on any atom is -0.500 e. The maximum Gasteiger partial charge on any atom is 0.169 e. The van der Waals surface area contributed by atoms with Crippen molar-refractivity contribution in [1.29, 1.82) is 0 Å². The zero-order valence-corrected chi connectivity index (χ0v) is 8.53. The van der Waals surface area contributed by atoms with Gasteiger partial charge in [-0.1, -0.05) is 12.1 Å². The molecule has 3 nitrogen and oxygen atoms in total. The lowest BCUT2D eigenvalue weighted by atomic mass is 10.0. The standard InChI is InChI=1S/C12H12O3/c1-14-10-4-2-9(3-5-10)11-8-15-7-6-12(11)13/h2-5,8H,6-7H2,1H3. The Kier molecular flexibility index (Phi) is 2.72. The van der Waals surface area contributed by atoms with Crippen LogP contribution in [0.5, 0.6) is 5.75 Å². The van der Waals surface area contributed by atoms with Crippen LogP contribution in [-0.4, -0.2) is 19.5 Å². The van der Waals surface area contributed by atoms with E-state index in [1.54, 1.807) is 7.11 Å². The SMILES string of the molecule is COc1ccc(C2=COCCC2=O)cc1. The van der Waals surface area contributed by atoms with Gasteiger partial charge in [0.25, 0.3) is 0 Å². The zero-order chi connectivity index (χ0) is 10.7. The number of rotatable bonds is 2. The third-order valence-corrected chi connectivity index (χ3v) is 2.35. The predicted octanol–water partition coefficient (Wildman–Crippen LogP) is 2.03. The lowest BCUT2D eigenvalue weighted by Gasteiger charge is -2.12. The molecule has 0 bridgehead atoms. The van der Waals surface area contributed by atoms with Crippen LogP contribution in [0.15, 0.2) is 30.5 Å². The molecular weight excluding hydrogens is 192 g/mol. The number of hydrogen-bond donors (Lipinski definition) is 0. The molecule has 2 rings (SSSR count). The molecule has 1 aliphatic heterocycles. The highest BCUT2D eigenvalue weighted by molar-refractivity contribution is 6.20. The second-order valence-corrected chi connectivity index (χ2v) is 3.30. The normalized spacial score (nSPS) is 15.5. The van der Waals surface area contributed by atoms with E-state index in [-0.39, 0.29) is 5.78 Å². The molecule has 0 spiro atoms. The third-order valence-electron chi connectivity index (χ3n) is 2.35. The van der Waals surface area contributed by atoms with Gasteiger partial charge in [-0.25, -0.2) is 0 Å². The molecule has 0 unspecified atom stereocenters. The van der Waals surface area contributed by atoms with Crippen molar-refractivity contribution in [2.45, 2.75) is 6.42 Å². The Morgan fingerprint density at radius 1 is 1.27 bits per heavy atom. The summed E-state index contributed by atoms with van der Waals surface area (Å²) >= 11 is 0. The van der Waals surface area contributed by atoms with E-state index in [9.17, 15) is 4.79 Å². The fraction of sp³-hybridized carbons (Fsp3) is 0.250. The van der Waals surface area contributed by atoms with Crippen molar-refractivity contribution in [1.82, 2.24) is 0 Å². The smallest absolute Gasteiger partial charge is 0.169 e. The summed E-state index contributed by atoms with van der Waals surface area (Å²) in [5.74, 6) is 0.912. The van der Waals surface area contributed by atoms with E-state index in [0.717, 1.165) is 11.3 Å². The molecule has 0 atom stereocenters. The first-order valence-electron chi connectivity index (χ1n) is 4.80.